The summed E-state index contributed by atoms with van der Waals surface area (Å²) in [5, 5.41) is 38.3. The number of hydrogen-bond acceptors (Lipinski definition) is 9. The van der Waals surface area contributed by atoms with Gasteiger partial charge >= 0.3 is 19.2 Å². The number of hydrogen-bond donors (Lipinski definition) is 8. The second-order valence-electron chi connectivity index (χ2n) is 6.84. The molecular weight excluding hydrogens is 443 g/mol. The van der Waals surface area contributed by atoms with Crippen LogP contribution in [0.4, 0.5) is 0 Å². The Bertz CT molecular complexity index is 1100. The number of phosphoric acid groups is 1. The lowest BCUT2D eigenvalue weighted by atomic mass is 10.1. The van der Waals surface area contributed by atoms with Crippen molar-refractivity contribution in [2.24, 2.45) is 0 Å². The highest BCUT2D eigenvalue weighted by Gasteiger charge is 2.27. The number of aliphatic hydroxyl groups is 4. The highest BCUT2D eigenvalue weighted by Crippen LogP contribution is 2.35. The van der Waals surface area contributed by atoms with Crippen molar-refractivity contribution in [2.45, 2.75) is 50.7 Å². The normalized spacial score (nSPS) is 15.3. The van der Waals surface area contributed by atoms with Crippen molar-refractivity contribution in [3.8, 4) is 0 Å². The van der Waals surface area contributed by atoms with Crippen LogP contribution in [0.1, 0.15) is 19.3 Å². The minimum absolute atomic E-state index is 0.00524. The van der Waals surface area contributed by atoms with Crippen LogP contribution in [-0.2, 0) is 22.2 Å². The molecule has 0 saturated heterocycles. The molecule has 0 bridgehead atoms. The van der Waals surface area contributed by atoms with Gasteiger partial charge in [0.1, 0.15) is 24.0 Å². The van der Waals surface area contributed by atoms with Gasteiger partial charge in [0.25, 0.3) is 5.56 Å². The molecule has 8 N–H and O–H groups in total. The molecule has 3 unspecified atom stereocenters. The van der Waals surface area contributed by atoms with Crippen LogP contribution in [0.3, 0.4) is 0 Å². The molecule has 0 amide bonds. The lowest BCUT2D eigenvalue weighted by Gasteiger charge is -2.21. The fraction of sp³-hybridized carbons (Fsp3) is 0.667. The molecular formula is C15H25N4O11P. The van der Waals surface area contributed by atoms with Crippen molar-refractivity contribution in [3.05, 3.63) is 31.3 Å². The van der Waals surface area contributed by atoms with Gasteiger partial charge in [-0.05, 0) is 19.3 Å². The van der Waals surface area contributed by atoms with E-state index in [-0.39, 0.29) is 30.7 Å². The van der Waals surface area contributed by atoms with Crippen molar-refractivity contribution in [2.75, 3.05) is 13.2 Å². The minimum atomic E-state index is -4.57. The smallest absolute Gasteiger partial charge is 0.394 e. The molecule has 31 heavy (non-hydrogen) atoms. The molecule has 0 aliphatic carbocycles. The van der Waals surface area contributed by atoms with Crippen LogP contribution in [-0.4, -0.2) is 80.8 Å². The summed E-state index contributed by atoms with van der Waals surface area (Å²) in [7, 11) is -4.57. The topological polar surface area (TPSA) is 240 Å². The lowest BCUT2D eigenvalue weighted by Crippen LogP contribution is -2.43. The van der Waals surface area contributed by atoms with E-state index in [1.165, 1.54) is 0 Å². The van der Waals surface area contributed by atoms with E-state index in [2.05, 4.69) is 9.51 Å². The Balaban J connectivity index is 2.26. The van der Waals surface area contributed by atoms with Gasteiger partial charge in [-0.1, -0.05) is 0 Å². The number of aromatic amines is 2. The average Bonchev–Trinajstić information content (AvgIpc) is 2.94. The number of unbranched alkanes of at least 4 members (excludes halogenated alkanes) is 2. The summed E-state index contributed by atoms with van der Waals surface area (Å²) in [6.07, 6.45) is -4.18. The van der Waals surface area contributed by atoms with E-state index >= 15 is 0 Å². The highest BCUT2D eigenvalue weighted by molar-refractivity contribution is 7.46. The summed E-state index contributed by atoms with van der Waals surface area (Å²) < 4.78 is 16.9. The number of nitrogens with zero attached hydrogens (tertiary/aromatic N) is 2. The van der Waals surface area contributed by atoms with Crippen LogP contribution in [0, 0.1) is 0 Å². The molecule has 2 rings (SSSR count). The molecule has 0 radical (unpaired) electrons. The standard InChI is InChI=1S/C15H25N4O11P/c20-7-9(22)11(23)8(21)6-19-12-10(13(24)17-14(25)16-12)18(15(19)26)4-2-1-3-5-30-31(27,28)29/h8-9,11,20-23H,1-7H2,(H2,27,28,29)(H2,16,17,24,25). The first-order chi connectivity index (χ1) is 14.5. The number of aromatic nitrogens is 4. The molecule has 16 heteroatoms. The second kappa shape index (κ2) is 10.5. The van der Waals surface area contributed by atoms with Gasteiger partial charge in [0, 0.05) is 6.54 Å². The van der Waals surface area contributed by atoms with E-state index in [1.807, 2.05) is 4.98 Å². The molecule has 2 aromatic rings. The van der Waals surface area contributed by atoms with Crippen molar-refractivity contribution in [1.29, 1.82) is 0 Å². The van der Waals surface area contributed by atoms with Gasteiger partial charge in [-0.2, -0.15) is 0 Å². The second-order valence-corrected chi connectivity index (χ2v) is 8.08. The molecule has 2 aromatic heterocycles. The number of nitrogens with one attached hydrogen (secondary N) is 2. The number of rotatable bonds is 12. The van der Waals surface area contributed by atoms with Crippen LogP contribution in [0.5, 0.6) is 0 Å². The summed E-state index contributed by atoms with van der Waals surface area (Å²) in [5.41, 5.74) is -2.92. The molecule has 0 aliphatic rings. The van der Waals surface area contributed by atoms with Crippen LogP contribution in [0.2, 0.25) is 0 Å². The number of fused-ring (bicyclic) bond motifs is 1. The zero-order valence-corrected chi connectivity index (χ0v) is 17.1. The lowest BCUT2D eigenvalue weighted by molar-refractivity contribution is -0.0806. The predicted octanol–water partition coefficient (Wildman–Crippen LogP) is -3.47. The van der Waals surface area contributed by atoms with E-state index in [4.69, 9.17) is 14.9 Å². The summed E-state index contributed by atoms with van der Waals surface area (Å²) >= 11 is 0. The van der Waals surface area contributed by atoms with E-state index in [9.17, 15) is 34.3 Å². The number of H-pyrrole nitrogens is 2. The first kappa shape index (κ1) is 25.2. The van der Waals surface area contributed by atoms with Crippen molar-refractivity contribution in [3.63, 3.8) is 0 Å². The molecule has 0 fully saturated rings. The Labute approximate surface area is 173 Å². The number of phosphoric ester groups is 1. The summed E-state index contributed by atoms with van der Waals surface area (Å²) in [5.74, 6) is 0. The predicted molar refractivity (Wildman–Crippen MR) is 104 cm³/mol. The van der Waals surface area contributed by atoms with Crippen LogP contribution in [0.25, 0.3) is 11.2 Å². The van der Waals surface area contributed by atoms with Crippen molar-refractivity contribution >= 4 is 19.0 Å². The number of aliphatic hydroxyl groups excluding tert-OH is 4. The zero-order valence-electron chi connectivity index (χ0n) is 16.2. The SMILES string of the molecule is O=c1[nH]c(=O)c2c([nH]1)n(CC(O)C(O)C(O)CO)c(=O)n2CCCCCOP(=O)(O)O. The van der Waals surface area contributed by atoms with Crippen molar-refractivity contribution in [1.82, 2.24) is 19.1 Å². The maximum absolute atomic E-state index is 12.8. The Morgan fingerprint density at radius 1 is 0.968 bits per heavy atom. The summed E-state index contributed by atoms with van der Waals surface area (Å²) in [6, 6.07) is 0. The van der Waals surface area contributed by atoms with Crippen LogP contribution < -0.4 is 16.9 Å². The molecule has 0 saturated carbocycles. The van der Waals surface area contributed by atoms with Gasteiger partial charge in [-0.15, -0.1) is 0 Å². The largest absolute Gasteiger partial charge is 0.469 e. The fourth-order valence-electron chi connectivity index (χ4n) is 3.02. The van der Waals surface area contributed by atoms with E-state index in [0.29, 0.717) is 12.8 Å². The number of aryl methyl sites for hydroxylation is 1. The van der Waals surface area contributed by atoms with Gasteiger partial charge in [-0.3, -0.25) is 28.4 Å². The first-order valence-corrected chi connectivity index (χ1v) is 10.8. The molecule has 15 nitrogen and oxygen atoms in total. The molecule has 0 spiro atoms. The molecule has 176 valence electrons. The monoisotopic (exact) mass is 468 g/mol. The van der Waals surface area contributed by atoms with E-state index in [1.54, 1.807) is 0 Å². The van der Waals surface area contributed by atoms with Crippen LogP contribution >= 0.6 is 7.82 Å². The summed E-state index contributed by atoms with van der Waals surface area (Å²) in [4.78, 5) is 58.3. The third-order valence-corrected chi connectivity index (χ3v) is 5.05. The highest BCUT2D eigenvalue weighted by atomic mass is 31.2. The Morgan fingerprint density at radius 2 is 1.65 bits per heavy atom. The minimum Gasteiger partial charge on any atom is -0.394 e. The quantitative estimate of drug-likeness (QED) is 0.112. The average molecular weight is 468 g/mol. The van der Waals surface area contributed by atoms with Gasteiger partial charge in [-0.25, -0.2) is 14.2 Å². The molecule has 0 aromatic carbocycles. The number of imidazole rings is 1. The Kier molecular flexibility index (Phi) is 8.50. The molecule has 0 aliphatic heterocycles. The molecule has 2 heterocycles. The first-order valence-electron chi connectivity index (χ1n) is 9.27. The van der Waals surface area contributed by atoms with Crippen LogP contribution in [0.15, 0.2) is 14.4 Å². The Morgan fingerprint density at radius 3 is 2.26 bits per heavy atom. The zero-order chi connectivity index (χ0) is 23.3. The van der Waals surface area contributed by atoms with Gasteiger partial charge in [0.2, 0.25) is 0 Å². The van der Waals surface area contributed by atoms with E-state index < -0.39 is 56.2 Å². The maximum Gasteiger partial charge on any atom is 0.469 e. The van der Waals surface area contributed by atoms with Gasteiger partial charge in [0.15, 0.2) is 5.52 Å². The maximum atomic E-state index is 12.8. The summed E-state index contributed by atoms with van der Waals surface area (Å²) in [6.45, 7) is -1.62. The third-order valence-electron chi connectivity index (χ3n) is 4.53. The fourth-order valence-corrected chi connectivity index (χ4v) is 3.39. The molecule has 3 atom stereocenters. The Hall–Kier alpha value is -2.10. The van der Waals surface area contributed by atoms with Crippen molar-refractivity contribution < 1.29 is 39.3 Å². The van der Waals surface area contributed by atoms with E-state index in [0.717, 1.165) is 9.13 Å². The van der Waals surface area contributed by atoms with Gasteiger partial charge in [0.05, 0.1) is 19.8 Å². The van der Waals surface area contributed by atoms with Gasteiger partial charge < -0.3 is 30.2 Å². The third kappa shape index (κ3) is 6.44.